The highest BCUT2D eigenvalue weighted by molar-refractivity contribution is 7.91. The van der Waals surface area contributed by atoms with E-state index in [2.05, 4.69) is 31.1 Å². The van der Waals surface area contributed by atoms with Gasteiger partial charge in [0.15, 0.2) is 0 Å². The largest absolute Gasteiger partial charge is 0.371 e. The fraction of sp³-hybridized carbons (Fsp3) is 0.429. The fourth-order valence-electron chi connectivity index (χ4n) is 4.68. The molecule has 26 heavy (non-hydrogen) atoms. The molecule has 2 unspecified atom stereocenters. The molecule has 0 amide bonds. The minimum Gasteiger partial charge on any atom is -0.371 e. The van der Waals surface area contributed by atoms with Crippen LogP contribution in [0.15, 0.2) is 58.3 Å². The molecule has 0 aromatic heterocycles. The Morgan fingerprint density at radius 1 is 0.962 bits per heavy atom. The van der Waals surface area contributed by atoms with Crippen molar-refractivity contribution < 1.29 is 8.42 Å². The van der Waals surface area contributed by atoms with E-state index in [9.17, 15) is 8.42 Å². The molecule has 1 saturated heterocycles. The summed E-state index contributed by atoms with van der Waals surface area (Å²) in [6, 6.07) is 15.7. The summed E-state index contributed by atoms with van der Waals surface area (Å²) in [5.41, 5.74) is 2.35. The first-order valence-electron chi connectivity index (χ1n) is 9.31. The molecule has 0 bridgehead atoms. The molecule has 2 aliphatic rings. The number of hydrogen-bond acceptors (Lipinski definition) is 4. The van der Waals surface area contributed by atoms with E-state index in [4.69, 9.17) is 0 Å². The lowest BCUT2D eigenvalue weighted by Crippen LogP contribution is -2.36. The lowest BCUT2D eigenvalue weighted by Gasteiger charge is -2.26. The number of sulfone groups is 1. The van der Waals surface area contributed by atoms with Crippen molar-refractivity contribution >= 4 is 15.5 Å². The highest BCUT2D eigenvalue weighted by atomic mass is 32.2. The van der Waals surface area contributed by atoms with E-state index in [1.807, 2.05) is 18.2 Å². The van der Waals surface area contributed by atoms with E-state index in [0.29, 0.717) is 33.8 Å². The molecule has 2 aromatic carbocycles. The van der Waals surface area contributed by atoms with Crippen LogP contribution in [0.4, 0.5) is 5.69 Å². The predicted octanol–water partition coefficient (Wildman–Crippen LogP) is 3.58. The normalized spacial score (nSPS) is 28.3. The Labute approximate surface area is 156 Å². The van der Waals surface area contributed by atoms with Gasteiger partial charge >= 0.3 is 0 Å². The second kappa shape index (κ2) is 6.39. The molecular formula is C21H26N2O2S. The zero-order valence-corrected chi connectivity index (χ0v) is 16.3. The van der Waals surface area contributed by atoms with E-state index >= 15 is 0 Å². The molecule has 0 saturated carbocycles. The van der Waals surface area contributed by atoms with Crippen LogP contribution in [0.1, 0.15) is 38.2 Å². The minimum absolute atomic E-state index is 0.354. The number of fused-ring (bicyclic) bond motifs is 3. The molecular weight excluding hydrogens is 344 g/mol. The van der Waals surface area contributed by atoms with Gasteiger partial charge in [-0.1, -0.05) is 18.2 Å². The molecule has 0 aliphatic carbocycles. The lowest BCUT2D eigenvalue weighted by atomic mass is 9.88. The van der Waals surface area contributed by atoms with Crippen molar-refractivity contribution in [1.82, 2.24) is 5.32 Å². The molecule has 0 radical (unpaired) electrons. The van der Waals surface area contributed by atoms with Crippen LogP contribution >= 0.6 is 0 Å². The molecule has 1 N–H and O–H groups in total. The molecule has 138 valence electrons. The van der Waals surface area contributed by atoms with Crippen LogP contribution in [0.3, 0.4) is 0 Å². The zero-order chi connectivity index (χ0) is 18.5. The van der Waals surface area contributed by atoms with Gasteiger partial charge in [0.25, 0.3) is 0 Å². The number of hydrogen-bond donors (Lipinski definition) is 1. The Balaban J connectivity index is 1.78. The highest BCUT2D eigenvalue weighted by Gasteiger charge is 2.40. The van der Waals surface area contributed by atoms with Gasteiger partial charge < -0.3 is 10.2 Å². The maximum absolute atomic E-state index is 13.0. The molecule has 0 spiro atoms. The van der Waals surface area contributed by atoms with E-state index in [0.717, 1.165) is 12.8 Å². The topological polar surface area (TPSA) is 49.4 Å². The molecule has 2 heterocycles. The Hall–Kier alpha value is -1.85. The van der Waals surface area contributed by atoms with Gasteiger partial charge in [0.05, 0.1) is 9.79 Å². The van der Waals surface area contributed by atoms with E-state index < -0.39 is 9.84 Å². The smallest absolute Gasteiger partial charge is 0.206 e. The van der Waals surface area contributed by atoms with Crippen LogP contribution in [0, 0.1) is 0 Å². The van der Waals surface area contributed by atoms with Gasteiger partial charge in [-0.15, -0.1) is 0 Å². The van der Waals surface area contributed by atoms with Gasteiger partial charge in [-0.25, -0.2) is 8.42 Å². The van der Waals surface area contributed by atoms with Crippen molar-refractivity contribution in [2.24, 2.45) is 0 Å². The summed E-state index contributed by atoms with van der Waals surface area (Å²) in [5, 5.41) is 3.65. The van der Waals surface area contributed by atoms with Gasteiger partial charge in [-0.3, -0.25) is 0 Å². The molecule has 4 atom stereocenters. The van der Waals surface area contributed by atoms with E-state index in [1.165, 1.54) is 11.3 Å². The Morgan fingerprint density at radius 3 is 2.38 bits per heavy atom. The lowest BCUT2D eigenvalue weighted by molar-refractivity contribution is 0.466. The third kappa shape index (κ3) is 2.83. The van der Waals surface area contributed by atoms with Crippen LogP contribution < -0.4 is 10.2 Å². The average molecular weight is 371 g/mol. The number of likely N-dealkylation sites (N-methyl/N-ethyl adjacent to an activating group) is 1. The zero-order valence-electron chi connectivity index (χ0n) is 15.5. The molecule has 1 fully saturated rings. The number of nitrogens with zero attached hydrogens (tertiary/aromatic N) is 1. The van der Waals surface area contributed by atoms with Crippen molar-refractivity contribution in [3.8, 4) is 0 Å². The van der Waals surface area contributed by atoms with Crippen molar-refractivity contribution in [2.75, 3.05) is 11.9 Å². The van der Waals surface area contributed by atoms with Gasteiger partial charge in [0.1, 0.15) is 0 Å². The molecule has 4 nitrogen and oxygen atoms in total. The minimum atomic E-state index is -3.48. The summed E-state index contributed by atoms with van der Waals surface area (Å²) in [6.07, 6.45) is 2.10. The number of benzene rings is 2. The van der Waals surface area contributed by atoms with Gasteiger partial charge in [-0.2, -0.15) is 0 Å². The van der Waals surface area contributed by atoms with Crippen molar-refractivity contribution in [2.45, 2.75) is 60.5 Å². The average Bonchev–Trinajstić information content (AvgIpc) is 2.77. The van der Waals surface area contributed by atoms with Gasteiger partial charge in [0.2, 0.25) is 9.84 Å². The predicted molar refractivity (Wildman–Crippen MR) is 105 cm³/mol. The Morgan fingerprint density at radius 2 is 1.65 bits per heavy atom. The monoisotopic (exact) mass is 370 g/mol. The quantitative estimate of drug-likeness (QED) is 0.878. The molecule has 2 aliphatic heterocycles. The van der Waals surface area contributed by atoms with Crippen molar-refractivity contribution in [3.63, 3.8) is 0 Å². The SMILES string of the molecule is CC1C[C@@H]2[C@@H](CC(C)N1)c1cc(S(=O)(=O)c3ccccc3)ccc1N2C. The first kappa shape index (κ1) is 17.6. The first-order valence-corrected chi connectivity index (χ1v) is 10.8. The second-order valence-electron chi connectivity index (χ2n) is 7.76. The second-order valence-corrected chi connectivity index (χ2v) is 9.71. The Kier molecular flexibility index (Phi) is 4.32. The van der Waals surface area contributed by atoms with E-state index in [-0.39, 0.29) is 0 Å². The van der Waals surface area contributed by atoms with E-state index in [1.54, 1.807) is 30.3 Å². The summed E-state index contributed by atoms with van der Waals surface area (Å²) in [7, 11) is -1.35. The Bertz CT molecular complexity index is 911. The van der Waals surface area contributed by atoms with Crippen LogP contribution in [0.2, 0.25) is 0 Å². The summed E-state index contributed by atoms with van der Waals surface area (Å²) >= 11 is 0. The van der Waals surface area contributed by atoms with Crippen LogP contribution in [0.5, 0.6) is 0 Å². The van der Waals surface area contributed by atoms with Crippen LogP contribution in [0.25, 0.3) is 0 Å². The summed E-state index contributed by atoms with van der Waals surface area (Å²) in [6.45, 7) is 4.46. The summed E-state index contributed by atoms with van der Waals surface area (Å²) in [4.78, 5) is 3.09. The van der Waals surface area contributed by atoms with Crippen molar-refractivity contribution in [3.05, 3.63) is 54.1 Å². The number of rotatable bonds is 2. The standard InChI is InChI=1S/C21H26N2O2S/c1-14-11-18-19-13-17(26(24,25)16-7-5-4-6-8-16)9-10-20(19)23(3)21(18)12-15(2)22-14/h4-10,13-15,18,21-22H,11-12H2,1-3H3/t14?,15?,18-,21+/m0/s1. The molecule has 4 rings (SSSR count). The first-order chi connectivity index (χ1) is 12.4. The number of nitrogens with one attached hydrogen (secondary N) is 1. The van der Waals surface area contributed by atoms with Crippen LogP contribution in [-0.2, 0) is 9.84 Å². The fourth-order valence-corrected chi connectivity index (χ4v) is 6.00. The van der Waals surface area contributed by atoms with Crippen LogP contribution in [-0.4, -0.2) is 33.6 Å². The van der Waals surface area contributed by atoms with Gasteiger partial charge in [0, 0.05) is 36.8 Å². The highest BCUT2D eigenvalue weighted by Crippen LogP contribution is 2.46. The third-order valence-electron chi connectivity index (χ3n) is 5.88. The summed E-state index contributed by atoms with van der Waals surface area (Å²) in [5.74, 6) is 0.369. The maximum atomic E-state index is 13.0. The molecule has 5 heteroatoms. The van der Waals surface area contributed by atoms with Gasteiger partial charge in [-0.05, 0) is 62.6 Å². The summed E-state index contributed by atoms with van der Waals surface area (Å²) < 4.78 is 26.1. The van der Waals surface area contributed by atoms with Crippen molar-refractivity contribution in [1.29, 1.82) is 0 Å². The molecule has 2 aromatic rings. The number of anilines is 1. The third-order valence-corrected chi connectivity index (χ3v) is 7.64. The maximum Gasteiger partial charge on any atom is 0.206 e.